The predicted octanol–water partition coefficient (Wildman–Crippen LogP) is 10.1. The van der Waals surface area contributed by atoms with E-state index in [2.05, 4.69) is 45.9 Å². The van der Waals surface area contributed by atoms with Gasteiger partial charge in [0.1, 0.15) is 31.3 Å². The van der Waals surface area contributed by atoms with Gasteiger partial charge in [0.25, 0.3) is 7.82 Å². The number of furan rings is 1. The number of likely N-dealkylation sites (N-methyl/N-ethyl adjacent to an activating group) is 1. The van der Waals surface area contributed by atoms with Gasteiger partial charge in [0, 0.05) is 25.7 Å². The van der Waals surface area contributed by atoms with Crippen molar-refractivity contribution in [1.82, 2.24) is 0 Å². The Morgan fingerprint density at radius 1 is 0.759 bits per heavy atom. The van der Waals surface area contributed by atoms with Gasteiger partial charge in [-0.1, -0.05) is 115 Å². The Labute approximate surface area is 351 Å². The van der Waals surface area contributed by atoms with Crippen molar-refractivity contribution in [1.29, 1.82) is 0 Å². The highest BCUT2D eigenvalue weighted by Gasteiger charge is 2.22. The van der Waals surface area contributed by atoms with Gasteiger partial charge >= 0.3 is 11.9 Å². The molecule has 11 nitrogen and oxygen atoms in total. The Morgan fingerprint density at radius 3 is 1.97 bits per heavy atom. The molecular formula is C46H80NO10P. The Hall–Kier alpha value is -2.53. The van der Waals surface area contributed by atoms with E-state index in [1.807, 2.05) is 33.3 Å². The van der Waals surface area contributed by atoms with Gasteiger partial charge in [0.2, 0.25) is 0 Å². The summed E-state index contributed by atoms with van der Waals surface area (Å²) < 4.78 is 40.0. The molecule has 3 atom stereocenters. The highest BCUT2D eigenvalue weighted by Crippen LogP contribution is 2.38. The summed E-state index contributed by atoms with van der Waals surface area (Å²) in [5.41, 5.74) is 2.61. The van der Waals surface area contributed by atoms with Gasteiger partial charge in [-0.25, -0.2) is 0 Å². The van der Waals surface area contributed by atoms with Crippen LogP contribution in [0.4, 0.5) is 0 Å². The van der Waals surface area contributed by atoms with Crippen molar-refractivity contribution < 1.29 is 51.6 Å². The summed E-state index contributed by atoms with van der Waals surface area (Å²) >= 11 is 0. The highest BCUT2D eigenvalue weighted by atomic mass is 31.2. The first-order chi connectivity index (χ1) is 27.7. The number of phosphoric acid groups is 1. The fourth-order valence-electron chi connectivity index (χ4n) is 6.24. The SMILES string of the molecule is CC/C=C/C/C=C/C=C/C(O)CCCCCCCC(=O)OC[C@H](COP(=O)([O-])OCC[N+](C)(C)C)OC(=O)CCCCCCCCCCc1oc(CCC)c(C)c1C. The molecule has 0 saturated carbocycles. The van der Waals surface area contributed by atoms with Crippen LogP contribution in [0, 0.1) is 13.8 Å². The second-order valence-corrected chi connectivity index (χ2v) is 17.9. The maximum atomic E-state index is 12.7. The summed E-state index contributed by atoms with van der Waals surface area (Å²) in [5, 5.41) is 10.1. The number of quaternary nitrogens is 1. The van der Waals surface area contributed by atoms with E-state index in [4.69, 9.17) is 22.9 Å². The molecule has 0 amide bonds. The zero-order chi connectivity index (χ0) is 43.1. The number of unbranched alkanes of at least 4 members (excludes halogenated alkanes) is 11. The fraction of sp³-hybridized carbons (Fsp3) is 0.739. The largest absolute Gasteiger partial charge is 0.756 e. The van der Waals surface area contributed by atoms with Crippen molar-refractivity contribution in [3.8, 4) is 0 Å². The Morgan fingerprint density at radius 2 is 1.34 bits per heavy atom. The molecule has 0 saturated heterocycles. The minimum absolute atomic E-state index is 0.0549. The lowest BCUT2D eigenvalue weighted by atomic mass is 10.0. The zero-order valence-electron chi connectivity index (χ0n) is 37.3. The van der Waals surface area contributed by atoms with Crippen molar-refractivity contribution in [3.05, 3.63) is 59.1 Å². The molecule has 58 heavy (non-hydrogen) atoms. The number of aliphatic hydroxyl groups excluding tert-OH is 1. The molecule has 0 radical (unpaired) electrons. The first-order valence-electron chi connectivity index (χ1n) is 22.2. The van der Waals surface area contributed by atoms with Crippen molar-refractivity contribution in [2.45, 2.75) is 175 Å². The monoisotopic (exact) mass is 838 g/mol. The Kier molecular flexibility index (Phi) is 29.8. The Balaban J connectivity index is 2.38. The number of allylic oxidation sites excluding steroid dienone is 5. The summed E-state index contributed by atoms with van der Waals surface area (Å²) in [6.45, 7) is 8.18. The molecule has 1 aromatic rings. The van der Waals surface area contributed by atoms with Gasteiger partial charge < -0.3 is 37.4 Å². The number of aliphatic hydroxyl groups is 1. The number of esters is 2. The number of carbonyl (C=O) groups is 2. The average Bonchev–Trinajstić information content (AvgIpc) is 3.43. The van der Waals surface area contributed by atoms with E-state index in [-0.39, 0.29) is 26.1 Å². The van der Waals surface area contributed by atoms with E-state index in [0.717, 1.165) is 101 Å². The van der Waals surface area contributed by atoms with E-state index in [9.17, 15) is 24.2 Å². The molecule has 1 rings (SSSR count). The molecule has 0 aromatic carbocycles. The number of hydrogen-bond acceptors (Lipinski definition) is 10. The third kappa shape index (κ3) is 28.8. The van der Waals surface area contributed by atoms with Crippen molar-refractivity contribution in [2.24, 2.45) is 0 Å². The number of phosphoric ester groups is 1. The maximum Gasteiger partial charge on any atom is 0.306 e. The van der Waals surface area contributed by atoms with Gasteiger partial charge in [0.05, 0.1) is 33.9 Å². The first kappa shape index (κ1) is 53.5. The summed E-state index contributed by atoms with van der Waals surface area (Å²) in [7, 11) is 1.08. The molecule has 1 aromatic heterocycles. The summed E-state index contributed by atoms with van der Waals surface area (Å²) in [5.74, 6) is 1.34. The lowest BCUT2D eigenvalue weighted by Gasteiger charge is -2.28. The van der Waals surface area contributed by atoms with Crippen LogP contribution >= 0.6 is 7.82 Å². The normalized spacial score (nSPS) is 14.4. The second kappa shape index (κ2) is 32.3. The molecule has 0 bridgehead atoms. The minimum atomic E-state index is -4.66. The standard InChI is InChI=1S/C46H80NO10P/c1-8-10-11-12-15-19-24-30-41(48)31-25-20-18-23-27-33-45(49)53-37-42(38-55-58(51,52)54-36-35-47(5,6)7)56-46(50)34-28-22-17-14-13-16-21-26-32-44-40(4)39(3)43(57-44)29-9-2/h10-11,15,19,24,30,41-42,48H,8-9,12-14,16-18,20-23,25-29,31-38H2,1-7H3/b11-10+,19-15+,30-24+/t41?,42-/m1/s1. The number of ether oxygens (including phenoxy) is 2. The molecular weight excluding hydrogens is 757 g/mol. The van der Waals surface area contributed by atoms with Crippen LogP contribution in [0.3, 0.4) is 0 Å². The van der Waals surface area contributed by atoms with E-state index < -0.39 is 38.6 Å². The molecule has 1 N–H and O–H groups in total. The summed E-state index contributed by atoms with van der Waals surface area (Å²) in [4.78, 5) is 37.6. The van der Waals surface area contributed by atoms with Crippen molar-refractivity contribution in [3.63, 3.8) is 0 Å². The van der Waals surface area contributed by atoms with Crippen LogP contribution in [0.1, 0.15) is 158 Å². The molecule has 0 aliphatic carbocycles. The minimum Gasteiger partial charge on any atom is -0.756 e. The molecule has 334 valence electrons. The second-order valence-electron chi connectivity index (χ2n) is 16.5. The molecule has 0 aliphatic rings. The fourth-order valence-corrected chi connectivity index (χ4v) is 6.97. The van der Waals surface area contributed by atoms with Crippen LogP contribution in [-0.2, 0) is 45.5 Å². The van der Waals surface area contributed by atoms with Crippen molar-refractivity contribution >= 4 is 19.8 Å². The third-order valence-corrected chi connectivity index (χ3v) is 10.9. The summed E-state index contributed by atoms with van der Waals surface area (Å²) in [6, 6.07) is 0. The van der Waals surface area contributed by atoms with Crippen LogP contribution in [0.5, 0.6) is 0 Å². The summed E-state index contributed by atoms with van der Waals surface area (Å²) in [6.07, 6.45) is 29.0. The number of aryl methyl sites for hydroxylation is 2. The van der Waals surface area contributed by atoms with Gasteiger partial charge in [-0.05, 0) is 69.9 Å². The lowest BCUT2D eigenvalue weighted by molar-refractivity contribution is -0.870. The van der Waals surface area contributed by atoms with Gasteiger partial charge in [-0.2, -0.15) is 0 Å². The van der Waals surface area contributed by atoms with Crippen LogP contribution in [0.2, 0.25) is 0 Å². The number of carbonyl (C=O) groups excluding carboxylic acids is 2. The molecule has 2 unspecified atom stereocenters. The topological polar surface area (TPSA) is 145 Å². The number of rotatable bonds is 36. The molecule has 0 aliphatic heterocycles. The third-order valence-electron chi connectivity index (χ3n) is 9.95. The highest BCUT2D eigenvalue weighted by molar-refractivity contribution is 7.45. The van der Waals surface area contributed by atoms with E-state index in [0.29, 0.717) is 30.3 Å². The predicted molar refractivity (Wildman–Crippen MR) is 231 cm³/mol. The quantitative estimate of drug-likeness (QED) is 0.0173. The van der Waals surface area contributed by atoms with Gasteiger partial charge in [-0.3, -0.25) is 14.2 Å². The number of nitrogens with zero attached hydrogens (tertiary/aromatic N) is 1. The van der Waals surface area contributed by atoms with Crippen LogP contribution in [0.25, 0.3) is 0 Å². The Bertz CT molecular complexity index is 1380. The molecule has 1 heterocycles. The van der Waals surface area contributed by atoms with Crippen LogP contribution in [-0.4, -0.2) is 81.2 Å². The molecule has 12 heteroatoms. The van der Waals surface area contributed by atoms with Gasteiger partial charge in [-0.15, -0.1) is 0 Å². The zero-order valence-corrected chi connectivity index (χ0v) is 38.2. The van der Waals surface area contributed by atoms with E-state index in [1.54, 1.807) is 6.08 Å². The maximum absolute atomic E-state index is 12.7. The van der Waals surface area contributed by atoms with E-state index >= 15 is 0 Å². The van der Waals surface area contributed by atoms with E-state index in [1.165, 1.54) is 24.0 Å². The molecule has 0 fully saturated rings. The first-order valence-corrected chi connectivity index (χ1v) is 23.6. The van der Waals surface area contributed by atoms with Crippen molar-refractivity contribution in [2.75, 3.05) is 47.5 Å². The lowest BCUT2D eigenvalue weighted by Crippen LogP contribution is -2.37. The smallest absolute Gasteiger partial charge is 0.306 e. The average molecular weight is 838 g/mol. The van der Waals surface area contributed by atoms with Crippen LogP contribution < -0.4 is 4.89 Å². The van der Waals surface area contributed by atoms with Crippen LogP contribution in [0.15, 0.2) is 40.9 Å². The number of hydrogen-bond donors (Lipinski definition) is 1. The van der Waals surface area contributed by atoms with Gasteiger partial charge in [0.15, 0.2) is 6.10 Å². The molecule has 0 spiro atoms.